The second-order valence-corrected chi connectivity index (χ2v) is 6.08. The summed E-state index contributed by atoms with van der Waals surface area (Å²) in [6.07, 6.45) is 3.82. The predicted molar refractivity (Wildman–Crippen MR) is 89.2 cm³/mol. The second-order valence-electron chi connectivity index (χ2n) is 6.08. The molecule has 0 bridgehead atoms. The Kier molecular flexibility index (Phi) is 6.32. The van der Waals surface area contributed by atoms with E-state index in [1.807, 2.05) is 0 Å². The first-order chi connectivity index (χ1) is 11.9. The molecule has 0 heterocycles. The normalized spacial score (nSPS) is 15.9. The summed E-state index contributed by atoms with van der Waals surface area (Å²) in [6.45, 7) is 1.33. The minimum absolute atomic E-state index is 0.0484. The Morgan fingerprint density at radius 3 is 2.56 bits per heavy atom. The highest BCUT2D eigenvalue weighted by molar-refractivity contribution is 6.00. The van der Waals surface area contributed by atoms with Crippen LogP contribution in [0, 0.1) is 5.82 Å². The van der Waals surface area contributed by atoms with Crippen molar-refractivity contribution in [3.63, 3.8) is 0 Å². The van der Waals surface area contributed by atoms with Gasteiger partial charge in [-0.25, -0.2) is 14.0 Å². The van der Waals surface area contributed by atoms with Crippen LogP contribution >= 0.6 is 0 Å². The quantitative estimate of drug-likeness (QED) is 0.568. The van der Waals surface area contributed by atoms with Crippen LogP contribution in [-0.4, -0.2) is 30.1 Å². The first-order valence-corrected chi connectivity index (χ1v) is 8.24. The predicted octanol–water partition coefficient (Wildman–Crippen LogP) is 2.11. The molecule has 1 aliphatic carbocycles. The zero-order valence-electron chi connectivity index (χ0n) is 14.0. The van der Waals surface area contributed by atoms with E-state index >= 15 is 0 Å². The van der Waals surface area contributed by atoms with Gasteiger partial charge < -0.3 is 15.8 Å². The number of ether oxygens (including phenoxy) is 1. The summed E-state index contributed by atoms with van der Waals surface area (Å²) < 4.78 is 18.0. The van der Waals surface area contributed by atoms with Crippen molar-refractivity contribution in [2.45, 2.75) is 51.2 Å². The molecule has 1 fully saturated rings. The lowest BCUT2D eigenvalue weighted by Crippen LogP contribution is -2.48. The molecule has 7 nitrogen and oxygen atoms in total. The van der Waals surface area contributed by atoms with Crippen molar-refractivity contribution in [2.24, 2.45) is 0 Å². The minimum Gasteiger partial charge on any atom is -0.449 e. The molecule has 25 heavy (non-hydrogen) atoms. The van der Waals surface area contributed by atoms with Gasteiger partial charge in [0, 0.05) is 11.7 Å². The number of anilines is 1. The molecule has 2 rings (SSSR count). The van der Waals surface area contributed by atoms with Crippen LogP contribution in [0.5, 0.6) is 0 Å². The zero-order valence-corrected chi connectivity index (χ0v) is 14.0. The summed E-state index contributed by atoms with van der Waals surface area (Å²) in [4.78, 5) is 35.8. The number of nitrogens with one attached hydrogen (secondary N) is 2. The van der Waals surface area contributed by atoms with Crippen LogP contribution in [0.25, 0.3) is 0 Å². The average molecular weight is 351 g/mol. The molecular formula is C17H22FN3O4. The van der Waals surface area contributed by atoms with Crippen LogP contribution in [0.4, 0.5) is 14.9 Å². The average Bonchev–Trinajstić information content (AvgIpc) is 2.55. The Morgan fingerprint density at radius 1 is 1.24 bits per heavy atom. The van der Waals surface area contributed by atoms with Gasteiger partial charge in [0.25, 0.3) is 5.91 Å². The lowest BCUT2D eigenvalue weighted by atomic mass is 9.96. The van der Waals surface area contributed by atoms with E-state index < -0.39 is 29.8 Å². The van der Waals surface area contributed by atoms with Crippen LogP contribution in [0.2, 0.25) is 0 Å². The van der Waals surface area contributed by atoms with Gasteiger partial charge in [0.15, 0.2) is 6.10 Å². The molecule has 4 N–H and O–H groups in total. The van der Waals surface area contributed by atoms with E-state index in [9.17, 15) is 18.8 Å². The van der Waals surface area contributed by atoms with Crippen LogP contribution < -0.4 is 16.4 Å². The van der Waals surface area contributed by atoms with Crippen molar-refractivity contribution in [3.8, 4) is 0 Å². The Morgan fingerprint density at radius 2 is 1.92 bits per heavy atom. The van der Waals surface area contributed by atoms with Crippen LogP contribution in [0.3, 0.4) is 0 Å². The lowest BCUT2D eigenvalue weighted by molar-refractivity contribution is -0.127. The second kappa shape index (κ2) is 8.46. The smallest absolute Gasteiger partial charge is 0.341 e. The molecule has 1 saturated carbocycles. The molecule has 0 spiro atoms. The molecule has 136 valence electrons. The number of rotatable bonds is 4. The number of nitrogen functional groups attached to an aromatic ring is 1. The summed E-state index contributed by atoms with van der Waals surface area (Å²) in [7, 11) is 0. The van der Waals surface area contributed by atoms with Gasteiger partial charge in [-0.3, -0.25) is 10.1 Å². The third-order valence-electron chi connectivity index (χ3n) is 4.06. The van der Waals surface area contributed by atoms with Crippen molar-refractivity contribution in [3.05, 3.63) is 29.6 Å². The van der Waals surface area contributed by atoms with E-state index in [1.54, 1.807) is 0 Å². The zero-order chi connectivity index (χ0) is 18.4. The summed E-state index contributed by atoms with van der Waals surface area (Å²) in [5, 5.41) is 4.88. The maximum absolute atomic E-state index is 13.0. The molecule has 3 amide bonds. The van der Waals surface area contributed by atoms with E-state index in [1.165, 1.54) is 13.0 Å². The van der Waals surface area contributed by atoms with Gasteiger partial charge in [-0.05, 0) is 38.0 Å². The number of halogens is 1. The largest absolute Gasteiger partial charge is 0.449 e. The Hall–Kier alpha value is -2.64. The molecule has 0 unspecified atom stereocenters. The number of benzene rings is 1. The van der Waals surface area contributed by atoms with E-state index in [0.717, 1.165) is 44.2 Å². The standard InChI is InChI=1S/C17H22FN3O4/c1-10(25-16(23)13-8-7-11(18)9-14(13)19)15(22)21-17(24)20-12-5-3-2-4-6-12/h7-10,12H,2-6,19H2,1H3,(H2,20,21,22,24)/t10-/m0/s1. The number of amides is 3. The number of esters is 1. The van der Waals surface area contributed by atoms with Gasteiger partial charge in [-0.15, -0.1) is 0 Å². The van der Waals surface area contributed by atoms with Gasteiger partial charge in [0.1, 0.15) is 5.82 Å². The van der Waals surface area contributed by atoms with Crippen molar-refractivity contribution < 1.29 is 23.5 Å². The molecular weight excluding hydrogens is 329 g/mol. The SMILES string of the molecule is C[C@H](OC(=O)c1ccc(F)cc1N)C(=O)NC(=O)NC1CCCCC1. The Labute approximate surface area is 145 Å². The lowest BCUT2D eigenvalue weighted by Gasteiger charge is -2.23. The number of carbonyl (C=O) groups excluding carboxylic acids is 3. The van der Waals surface area contributed by atoms with Gasteiger partial charge in [0.05, 0.1) is 5.56 Å². The summed E-state index contributed by atoms with van der Waals surface area (Å²) in [5.74, 6) is -2.20. The molecule has 0 aromatic heterocycles. The summed E-state index contributed by atoms with van der Waals surface area (Å²) in [6, 6.07) is 2.67. The number of hydrogen-bond donors (Lipinski definition) is 3. The number of nitrogens with two attached hydrogens (primary N) is 1. The molecule has 1 aromatic carbocycles. The maximum atomic E-state index is 13.0. The van der Waals surface area contributed by atoms with Crippen LogP contribution in [0.15, 0.2) is 18.2 Å². The fourth-order valence-electron chi connectivity index (χ4n) is 2.68. The van der Waals surface area contributed by atoms with Crippen molar-refractivity contribution in [1.82, 2.24) is 10.6 Å². The van der Waals surface area contributed by atoms with Gasteiger partial charge in [0.2, 0.25) is 0 Å². The molecule has 0 radical (unpaired) electrons. The van der Waals surface area contributed by atoms with Crippen molar-refractivity contribution in [2.75, 3.05) is 5.73 Å². The van der Waals surface area contributed by atoms with Gasteiger partial charge in [-0.1, -0.05) is 19.3 Å². The van der Waals surface area contributed by atoms with Crippen molar-refractivity contribution >= 4 is 23.6 Å². The molecule has 1 aliphatic rings. The third kappa shape index (κ3) is 5.44. The fourth-order valence-corrected chi connectivity index (χ4v) is 2.68. The molecule has 0 aliphatic heterocycles. The topological polar surface area (TPSA) is 111 Å². The summed E-state index contributed by atoms with van der Waals surface area (Å²) >= 11 is 0. The Bertz CT molecular complexity index is 659. The highest BCUT2D eigenvalue weighted by Gasteiger charge is 2.23. The number of hydrogen-bond acceptors (Lipinski definition) is 5. The third-order valence-corrected chi connectivity index (χ3v) is 4.06. The summed E-state index contributed by atoms with van der Waals surface area (Å²) in [5.41, 5.74) is 5.41. The van der Waals surface area contributed by atoms with Gasteiger partial charge >= 0.3 is 12.0 Å². The maximum Gasteiger partial charge on any atom is 0.341 e. The minimum atomic E-state index is -1.20. The first-order valence-electron chi connectivity index (χ1n) is 8.24. The molecule has 0 saturated heterocycles. The first kappa shape index (κ1) is 18.7. The molecule has 1 atom stereocenters. The highest BCUT2D eigenvalue weighted by Crippen LogP contribution is 2.17. The van der Waals surface area contributed by atoms with Crippen LogP contribution in [0.1, 0.15) is 49.4 Å². The van der Waals surface area contributed by atoms with E-state index in [4.69, 9.17) is 10.5 Å². The van der Waals surface area contributed by atoms with Gasteiger partial charge in [-0.2, -0.15) is 0 Å². The highest BCUT2D eigenvalue weighted by atomic mass is 19.1. The number of urea groups is 1. The van der Waals surface area contributed by atoms with Crippen LogP contribution in [-0.2, 0) is 9.53 Å². The molecule has 8 heteroatoms. The monoisotopic (exact) mass is 351 g/mol. The Balaban J connectivity index is 1.84. The van der Waals surface area contributed by atoms with E-state index in [-0.39, 0.29) is 17.3 Å². The number of imide groups is 1. The van der Waals surface area contributed by atoms with Crippen molar-refractivity contribution in [1.29, 1.82) is 0 Å². The molecule has 1 aromatic rings. The van der Waals surface area contributed by atoms with E-state index in [0.29, 0.717) is 0 Å². The number of carbonyl (C=O) groups is 3. The fraction of sp³-hybridized carbons (Fsp3) is 0.471. The van der Waals surface area contributed by atoms with E-state index in [2.05, 4.69) is 10.6 Å².